The van der Waals surface area contributed by atoms with Crippen LogP contribution in [0.2, 0.25) is 0 Å². The summed E-state index contributed by atoms with van der Waals surface area (Å²) < 4.78 is 17.1. The second kappa shape index (κ2) is 3.23. The molecule has 0 spiro atoms. The maximum atomic E-state index is 11.8. The van der Waals surface area contributed by atoms with Crippen molar-refractivity contribution in [1.82, 2.24) is 0 Å². The van der Waals surface area contributed by atoms with Crippen LogP contribution in [0.3, 0.4) is 0 Å². The number of para-hydroxylation sites is 1. The van der Waals surface area contributed by atoms with Gasteiger partial charge in [-0.15, -0.1) is 0 Å². The Morgan fingerprint density at radius 1 is 1.00 bits per heavy atom. The van der Waals surface area contributed by atoms with Crippen LogP contribution >= 0.6 is 7.37 Å². The molecule has 1 heterocycles. The van der Waals surface area contributed by atoms with E-state index in [1.54, 1.807) is 35.9 Å². The summed E-state index contributed by atoms with van der Waals surface area (Å²) in [6.07, 6.45) is 3.48. The van der Waals surface area contributed by atoms with E-state index in [2.05, 4.69) is 0 Å². The fourth-order valence-corrected chi connectivity index (χ4v) is 2.45. The Labute approximate surface area is 77.0 Å². The molecule has 0 atom stereocenters. The maximum absolute atomic E-state index is 11.8. The highest BCUT2D eigenvalue weighted by atomic mass is 31.2. The van der Waals surface area contributed by atoms with Gasteiger partial charge in [0.25, 0.3) is 7.37 Å². The van der Waals surface area contributed by atoms with Crippen molar-refractivity contribution in [2.24, 2.45) is 0 Å². The molecule has 0 amide bonds. The van der Waals surface area contributed by atoms with Gasteiger partial charge in [0.05, 0.1) is 0 Å². The van der Waals surface area contributed by atoms with E-state index >= 15 is 0 Å². The van der Waals surface area contributed by atoms with Gasteiger partial charge in [0.1, 0.15) is 5.75 Å². The highest BCUT2D eigenvalue weighted by Gasteiger charge is 2.18. The molecule has 0 radical (unpaired) electrons. The summed E-state index contributed by atoms with van der Waals surface area (Å²) in [5, 5.41) is 0. The fourth-order valence-electron chi connectivity index (χ4n) is 1.10. The lowest BCUT2D eigenvalue weighted by atomic mass is 10.3. The summed E-state index contributed by atoms with van der Waals surface area (Å²) in [6, 6.07) is 9.18. The minimum Gasteiger partial charge on any atom is -0.438 e. The van der Waals surface area contributed by atoms with E-state index in [-0.39, 0.29) is 0 Å². The third-order valence-electron chi connectivity index (χ3n) is 1.69. The molecule has 3 heteroatoms. The van der Waals surface area contributed by atoms with Gasteiger partial charge in [0, 0.05) is 11.6 Å². The van der Waals surface area contributed by atoms with Crippen molar-refractivity contribution in [3.63, 3.8) is 0 Å². The first-order valence-electron chi connectivity index (χ1n) is 4.00. The zero-order valence-electron chi connectivity index (χ0n) is 6.96. The second-order valence-corrected chi connectivity index (χ2v) is 4.80. The first-order chi connectivity index (χ1) is 6.29. The van der Waals surface area contributed by atoms with E-state index in [9.17, 15) is 4.57 Å². The van der Waals surface area contributed by atoms with Gasteiger partial charge < -0.3 is 4.52 Å². The molecule has 0 fully saturated rings. The molecule has 66 valence electrons. The van der Waals surface area contributed by atoms with Crippen LogP contribution in [0.4, 0.5) is 0 Å². The minimum absolute atomic E-state index is 0.641. The van der Waals surface area contributed by atoms with Crippen molar-refractivity contribution in [2.45, 2.75) is 0 Å². The molecule has 0 N–H and O–H groups in total. The molecule has 0 aliphatic carbocycles. The summed E-state index contributed by atoms with van der Waals surface area (Å²) in [6.45, 7) is 0. The molecule has 0 bridgehead atoms. The first-order valence-corrected chi connectivity index (χ1v) is 5.76. The standard InChI is InChI=1S/C10H9O2P/c11-13(8-4-5-9-13)12-10-6-2-1-3-7-10/h1-9H. The Morgan fingerprint density at radius 3 is 2.23 bits per heavy atom. The molecule has 2 rings (SSSR count). The van der Waals surface area contributed by atoms with E-state index in [0.29, 0.717) is 5.75 Å². The molecule has 13 heavy (non-hydrogen) atoms. The summed E-state index contributed by atoms with van der Waals surface area (Å²) in [4.78, 5) is 0. The number of rotatable bonds is 2. The summed E-state index contributed by atoms with van der Waals surface area (Å²) in [5.74, 6) is 3.84. The molecule has 0 aromatic heterocycles. The van der Waals surface area contributed by atoms with Gasteiger partial charge >= 0.3 is 0 Å². The van der Waals surface area contributed by atoms with E-state index in [4.69, 9.17) is 4.52 Å². The molecule has 0 saturated heterocycles. The van der Waals surface area contributed by atoms with Gasteiger partial charge in [-0.1, -0.05) is 30.4 Å². The van der Waals surface area contributed by atoms with E-state index in [1.165, 1.54) is 0 Å². The normalized spacial score (nSPS) is 17.5. The molecule has 0 saturated carbocycles. The van der Waals surface area contributed by atoms with Gasteiger partial charge in [-0.05, 0) is 12.1 Å². The average molecular weight is 192 g/mol. The summed E-state index contributed by atoms with van der Waals surface area (Å²) in [5.41, 5.74) is 0. The molecule has 1 aromatic carbocycles. The molecule has 2 nitrogen and oxygen atoms in total. The van der Waals surface area contributed by atoms with Gasteiger partial charge in [-0.3, -0.25) is 4.57 Å². The van der Waals surface area contributed by atoms with Crippen molar-refractivity contribution in [2.75, 3.05) is 0 Å². The summed E-state index contributed by atoms with van der Waals surface area (Å²) >= 11 is 0. The Balaban J connectivity index is 2.20. The predicted octanol–water partition coefficient (Wildman–Crippen LogP) is 3.38. The molecular weight excluding hydrogens is 183 g/mol. The zero-order chi connectivity index (χ0) is 9.15. The SMILES string of the molecule is O=P1(Oc2ccccc2)C=CC=C1. The van der Waals surface area contributed by atoms with Crippen molar-refractivity contribution < 1.29 is 9.09 Å². The largest absolute Gasteiger partial charge is 0.438 e. The van der Waals surface area contributed by atoms with E-state index in [1.807, 2.05) is 18.2 Å². The number of hydrogen-bond acceptors (Lipinski definition) is 2. The van der Waals surface area contributed by atoms with Gasteiger partial charge in [0.15, 0.2) is 0 Å². The lowest BCUT2D eigenvalue weighted by Crippen LogP contribution is -1.84. The Morgan fingerprint density at radius 2 is 1.62 bits per heavy atom. The van der Waals surface area contributed by atoms with Gasteiger partial charge in [-0.2, -0.15) is 0 Å². The summed E-state index contributed by atoms with van der Waals surface area (Å²) in [7, 11) is -2.65. The minimum atomic E-state index is -2.65. The van der Waals surface area contributed by atoms with Crippen molar-refractivity contribution in [3.05, 3.63) is 54.1 Å². The third-order valence-corrected chi connectivity index (χ3v) is 3.36. The quantitative estimate of drug-likeness (QED) is 0.671. The molecule has 1 aliphatic rings. The van der Waals surface area contributed by atoms with E-state index in [0.717, 1.165) is 0 Å². The second-order valence-electron chi connectivity index (χ2n) is 2.73. The zero-order valence-corrected chi connectivity index (χ0v) is 7.85. The molecule has 1 aromatic rings. The van der Waals surface area contributed by atoms with Crippen LogP contribution in [0.15, 0.2) is 54.1 Å². The third kappa shape index (κ3) is 1.90. The van der Waals surface area contributed by atoms with Crippen LogP contribution < -0.4 is 4.52 Å². The fraction of sp³-hybridized carbons (Fsp3) is 0. The number of hydrogen-bond donors (Lipinski definition) is 0. The van der Waals surface area contributed by atoms with Crippen LogP contribution in [0.5, 0.6) is 5.75 Å². The van der Waals surface area contributed by atoms with E-state index < -0.39 is 7.37 Å². The smallest absolute Gasteiger partial charge is 0.292 e. The maximum Gasteiger partial charge on any atom is 0.292 e. The highest BCUT2D eigenvalue weighted by molar-refractivity contribution is 7.66. The number of benzene rings is 1. The van der Waals surface area contributed by atoms with Crippen LogP contribution in [0.1, 0.15) is 0 Å². The number of allylic oxidation sites excluding steroid dienone is 2. The highest BCUT2D eigenvalue weighted by Crippen LogP contribution is 2.52. The van der Waals surface area contributed by atoms with Crippen molar-refractivity contribution >= 4 is 7.37 Å². The monoisotopic (exact) mass is 192 g/mol. The lowest BCUT2D eigenvalue weighted by molar-refractivity contribution is 0.502. The van der Waals surface area contributed by atoms with Gasteiger partial charge in [-0.25, -0.2) is 0 Å². The van der Waals surface area contributed by atoms with Crippen LogP contribution in [0.25, 0.3) is 0 Å². The Kier molecular flexibility index (Phi) is 2.07. The van der Waals surface area contributed by atoms with Crippen LogP contribution in [0, 0.1) is 0 Å². The van der Waals surface area contributed by atoms with Crippen LogP contribution in [-0.2, 0) is 4.57 Å². The van der Waals surface area contributed by atoms with Crippen molar-refractivity contribution in [1.29, 1.82) is 0 Å². The van der Waals surface area contributed by atoms with Crippen LogP contribution in [-0.4, -0.2) is 0 Å². The van der Waals surface area contributed by atoms with Gasteiger partial charge in [0.2, 0.25) is 0 Å². The average Bonchev–Trinajstić information content (AvgIpc) is 2.54. The molecule has 0 unspecified atom stereocenters. The van der Waals surface area contributed by atoms with Crippen molar-refractivity contribution in [3.8, 4) is 5.75 Å². The molecule has 1 aliphatic heterocycles. The first kappa shape index (κ1) is 8.33. The topological polar surface area (TPSA) is 26.3 Å². The predicted molar refractivity (Wildman–Crippen MR) is 53.0 cm³/mol. The lowest BCUT2D eigenvalue weighted by Gasteiger charge is -2.09. The Hall–Kier alpha value is -1.27. The Bertz CT molecular complexity index is 377. The molecular formula is C10H9O2P.